The maximum Gasteiger partial charge on any atom is 0.271 e. The quantitative estimate of drug-likeness (QED) is 0.481. The van der Waals surface area contributed by atoms with Crippen LogP contribution in [0.5, 0.6) is 0 Å². The van der Waals surface area contributed by atoms with Crippen molar-refractivity contribution in [3.8, 4) is 0 Å². The number of nitrogens with zero attached hydrogens (tertiary/aromatic N) is 3. The molecule has 0 aliphatic carbocycles. The first-order valence-electron chi connectivity index (χ1n) is 10.6. The molecule has 1 aliphatic rings. The molecule has 1 atom stereocenters. The van der Waals surface area contributed by atoms with Gasteiger partial charge in [-0.25, -0.2) is 12.8 Å². The number of benzene rings is 2. The number of halogens is 1. The van der Waals surface area contributed by atoms with Crippen LogP contribution in [0.3, 0.4) is 0 Å². The van der Waals surface area contributed by atoms with Gasteiger partial charge in [0.25, 0.3) is 11.6 Å². The van der Waals surface area contributed by atoms with E-state index >= 15 is 0 Å². The summed E-state index contributed by atoms with van der Waals surface area (Å²) in [6.45, 7) is 8.00. The largest absolute Gasteiger partial charge is 0.369 e. The van der Waals surface area contributed by atoms with E-state index in [9.17, 15) is 27.7 Å². The first-order chi connectivity index (χ1) is 15.5. The number of hydrogen-bond donors (Lipinski definition) is 1. The molecule has 178 valence electrons. The van der Waals surface area contributed by atoms with E-state index in [1.807, 2.05) is 0 Å². The van der Waals surface area contributed by atoms with Crippen LogP contribution in [0, 0.1) is 15.9 Å². The molecular weight excluding hydrogens is 451 g/mol. The Labute approximate surface area is 192 Å². The van der Waals surface area contributed by atoms with E-state index in [2.05, 4.69) is 22.0 Å². The Morgan fingerprint density at radius 3 is 2.42 bits per heavy atom. The first kappa shape index (κ1) is 24.6. The lowest BCUT2D eigenvalue weighted by atomic mass is 10.0. The zero-order chi connectivity index (χ0) is 24.3. The van der Waals surface area contributed by atoms with E-state index in [0.29, 0.717) is 5.56 Å². The summed E-state index contributed by atoms with van der Waals surface area (Å²) in [4.78, 5) is 27.5. The van der Waals surface area contributed by atoms with Gasteiger partial charge in [0.2, 0.25) is 0 Å². The van der Waals surface area contributed by atoms with Gasteiger partial charge in [0, 0.05) is 61.4 Å². The Hall–Kier alpha value is -3.05. The van der Waals surface area contributed by atoms with Gasteiger partial charge >= 0.3 is 0 Å². The average Bonchev–Trinajstić information content (AvgIpc) is 2.78. The molecule has 1 unspecified atom stereocenters. The minimum atomic E-state index is -3.77. The van der Waals surface area contributed by atoms with Gasteiger partial charge < -0.3 is 15.1 Å². The number of sulfone groups is 1. The van der Waals surface area contributed by atoms with E-state index in [0.717, 1.165) is 62.9 Å². The fraction of sp³-hybridized carbons (Fsp3) is 0.409. The number of anilines is 1. The number of rotatable bonds is 7. The van der Waals surface area contributed by atoms with E-state index in [1.54, 1.807) is 13.0 Å². The number of piperazine rings is 1. The Bertz CT molecular complexity index is 1160. The molecule has 1 amide bonds. The molecule has 1 heterocycles. The second-order valence-electron chi connectivity index (χ2n) is 8.06. The van der Waals surface area contributed by atoms with Gasteiger partial charge in [-0.2, -0.15) is 0 Å². The van der Waals surface area contributed by atoms with E-state index < -0.39 is 38.2 Å². The maximum absolute atomic E-state index is 14.1. The predicted octanol–water partition coefficient (Wildman–Crippen LogP) is 2.77. The second-order valence-corrected chi connectivity index (χ2v) is 10.1. The number of carbonyl (C=O) groups is 1. The SMILES string of the molecule is CCN1CCN(c2ccc(F)cc2C(C)NC(=O)c2cc([N+](=O)[O-])cc(S(C)(=O)=O)c2)CC1. The molecule has 1 aliphatic heterocycles. The van der Waals surface area contributed by atoms with Crippen molar-refractivity contribution in [1.82, 2.24) is 10.2 Å². The van der Waals surface area contributed by atoms with Crippen molar-refractivity contribution in [3.05, 3.63) is 63.5 Å². The van der Waals surface area contributed by atoms with Gasteiger partial charge in [0.15, 0.2) is 9.84 Å². The zero-order valence-corrected chi connectivity index (χ0v) is 19.6. The van der Waals surface area contributed by atoms with Crippen LogP contribution in [-0.2, 0) is 9.84 Å². The van der Waals surface area contributed by atoms with Crippen LogP contribution in [0.4, 0.5) is 15.8 Å². The average molecular weight is 479 g/mol. The minimum absolute atomic E-state index is 0.161. The number of nitrogens with one attached hydrogen (secondary N) is 1. The fourth-order valence-corrected chi connectivity index (χ4v) is 4.53. The first-order valence-corrected chi connectivity index (χ1v) is 12.5. The van der Waals surface area contributed by atoms with Crippen molar-refractivity contribution in [2.45, 2.75) is 24.8 Å². The van der Waals surface area contributed by atoms with Gasteiger partial charge in [-0.3, -0.25) is 14.9 Å². The zero-order valence-electron chi connectivity index (χ0n) is 18.7. The highest BCUT2D eigenvalue weighted by molar-refractivity contribution is 7.90. The molecule has 1 fully saturated rings. The third-order valence-corrected chi connectivity index (χ3v) is 6.85. The molecule has 0 bridgehead atoms. The van der Waals surface area contributed by atoms with Crippen molar-refractivity contribution in [3.63, 3.8) is 0 Å². The topological polar surface area (TPSA) is 113 Å². The monoisotopic (exact) mass is 478 g/mol. The molecule has 0 saturated carbocycles. The summed E-state index contributed by atoms with van der Waals surface area (Å²) >= 11 is 0. The number of carbonyl (C=O) groups excluding carboxylic acids is 1. The fourth-order valence-electron chi connectivity index (χ4n) is 3.86. The molecule has 3 rings (SSSR count). The number of nitro groups is 1. The molecule has 33 heavy (non-hydrogen) atoms. The standard InChI is InChI=1S/C22H27FN4O5S/c1-4-25-7-9-26(10-8-25)21-6-5-17(23)13-20(21)15(2)24-22(28)16-11-18(27(29)30)14-19(12-16)33(3,31)32/h5-6,11-15H,4,7-10H2,1-3H3,(H,24,28). The Morgan fingerprint density at radius 2 is 1.85 bits per heavy atom. The highest BCUT2D eigenvalue weighted by atomic mass is 32.2. The lowest BCUT2D eigenvalue weighted by Gasteiger charge is -2.37. The van der Waals surface area contributed by atoms with E-state index in [-0.39, 0.29) is 10.5 Å². The highest BCUT2D eigenvalue weighted by Crippen LogP contribution is 2.29. The summed E-state index contributed by atoms with van der Waals surface area (Å²) in [5, 5.41) is 14.0. The highest BCUT2D eigenvalue weighted by Gasteiger charge is 2.24. The molecular formula is C22H27FN4O5S. The van der Waals surface area contributed by atoms with Gasteiger partial charge in [-0.05, 0) is 37.7 Å². The molecule has 0 spiro atoms. The summed E-state index contributed by atoms with van der Waals surface area (Å²) in [6, 6.07) is 6.82. The van der Waals surface area contributed by atoms with Gasteiger partial charge in [0.05, 0.1) is 15.9 Å². The molecule has 9 nitrogen and oxygen atoms in total. The molecule has 0 radical (unpaired) electrons. The number of nitro benzene ring substituents is 1. The number of likely N-dealkylation sites (N-methyl/N-ethyl adjacent to an activating group) is 1. The van der Waals surface area contributed by atoms with Crippen LogP contribution < -0.4 is 10.2 Å². The van der Waals surface area contributed by atoms with Gasteiger partial charge in [-0.15, -0.1) is 0 Å². The second kappa shape index (κ2) is 9.84. The van der Waals surface area contributed by atoms with E-state index in [4.69, 9.17) is 0 Å². The summed E-state index contributed by atoms with van der Waals surface area (Å²) in [7, 11) is -3.77. The predicted molar refractivity (Wildman–Crippen MR) is 123 cm³/mol. The normalized spacial score (nSPS) is 15.8. The van der Waals surface area contributed by atoms with Crippen molar-refractivity contribution in [2.75, 3.05) is 43.9 Å². The van der Waals surface area contributed by atoms with E-state index in [1.165, 1.54) is 12.1 Å². The summed E-state index contributed by atoms with van der Waals surface area (Å²) in [5.41, 5.74) is 0.708. The van der Waals surface area contributed by atoms with Crippen molar-refractivity contribution < 1.29 is 22.5 Å². The minimum Gasteiger partial charge on any atom is -0.369 e. The van der Waals surface area contributed by atoms with Gasteiger partial charge in [0.1, 0.15) is 5.82 Å². The summed E-state index contributed by atoms with van der Waals surface area (Å²) in [6.07, 6.45) is 0.910. The molecule has 1 N–H and O–H groups in total. The summed E-state index contributed by atoms with van der Waals surface area (Å²) < 4.78 is 37.9. The molecule has 0 aromatic heterocycles. The lowest BCUT2D eigenvalue weighted by Crippen LogP contribution is -2.46. The molecule has 2 aromatic carbocycles. The Balaban J connectivity index is 1.88. The number of amides is 1. The molecule has 11 heteroatoms. The number of non-ortho nitro benzene ring substituents is 1. The Morgan fingerprint density at radius 1 is 1.18 bits per heavy atom. The third-order valence-electron chi connectivity index (χ3n) is 5.76. The third kappa shape index (κ3) is 5.85. The maximum atomic E-state index is 14.1. The molecule has 1 saturated heterocycles. The van der Waals surface area contributed by atoms with Crippen LogP contribution in [-0.4, -0.2) is 63.1 Å². The van der Waals surface area contributed by atoms with Crippen LogP contribution in [0.2, 0.25) is 0 Å². The van der Waals surface area contributed by atoms with Crippen LogP contribution in [0.25, 0.3) is 0 Å². The van der Waals surface area contributed by atoms with Crippen LogP contribution >= 0.6 is 0 Å². The van der Waals surface area contributed by atoms with Crippen molar-refractivity contribution >= 4 is 27.1 Å². The van der Waals surface area contributed by atoms with Crippen molar-refractivity contribution in [2.24, 2.45) is 0 Å². The Kier molecular flexibility index (Phi) is 7.33. The van der Waals surface area contributed by atoms with Crippen LogP contribution in [0.1, 0.15) is 35.8 Å². The molecule has 2 aromatic rings. The lowest BCUT2D eigenvalue weighted by molar-refractivity contribution is -0.385. The van der Waals surface area contributed by atoms with Crippen molar-refractivity contribution in [1.29, 1.82) is 0 Å². The van der Waals surface area contributed by atoms with Crippen LogP contribution in [0.15, 0.2) is 41.3 Å². The smallest absolute Gasteiger partial charge is 0.271 e. The van der Waals surface area contributed by atoms with Gasteiger partial charge in [-0.1, -0.05) is 6.92 Å². The summed E-state index contributed by atoms with van der Waals surface area (Å²) in [5.74, 6) is -1.14. The number of hydrogen-bond acceptors (Lipinski definition) is 7.